The summed E-state index contributed by atoms with van der Waals surface area (Å²) < 4.78 is 13.9. The van der Waals surface area contributed by atoms with Crippen LogP contribution in [0.15, 0.2) is 24.3 Å². The predicted octanol–water partition coefficient (Wildman–Crippen LogP) is 2.36. The van der Waals surface area contributed by atoms with Gasteiger partial charge in [-0.2, -0.15) is 0 Å². The number of hydrogen-bond acceptors (Lipinski definition) is 3. The lowest BCUT2D eigenvalue weighted by Crippen LogP contribution is -2.32. The molecule has 0 aromatic heterocycles. The van der Waals surface area contributed by atoms with E-state index in [1.807, 2.05) is 12.1 Å². The minimum absolute atomic E-state index is 0.0861. The Labute approximate surface area is 122 Å². The maximum Gasteiger partial charge on any atom is 0.127 e. The summed E-state index contributed by atoms with van der Waals surface area (Å²) in [5.74, 6) is -0.116. The Hall–Kier alpha value is -0.970. The van der Waals surface area contributed by atoms with Gasteiger partial charge in [0.05, 0.1) is 0 Å². The first-order chi connectivity index (χ1) is 9.54. The van der Waals surface area contributed by atoms with Crippen molar-refractivity contribution >= 4 is 0 Å². The summed E-state index contributed by atoms with van der Waals surface area (Å²) in [7, 11) is 6.27. The average Bonchev–Trinajstić information content (AvgIpc) is 2.42. The van der Waals surface area contributed by atoms with Crippen LogP contribution in [0.2, 0.25) is 0 Å². The maximum atomic E-state index is 13.9. The molecule has 0 radical (unpaired) electrons. The SMILES string of the molecule is CCNC(CCN(C)CCN(C)C)c1ccccc1F. The summed E-state index contributed by atoms with van der Waals surface area (Å²) >= 11 is 0. The average molecular weight is 281 g/mol. The first-order valence-corrected chi connectivity index (χ1v) is 7.35. The first-order valence-electron chi connectivity index (χ1n) is 7.35. The fourth-order valence-corrected chi connectivity index (χ4v) is 2.20. The van der Waals surface area contributed by atoms with E-state index < -0.39 is 0 Å². The highest BCUT2D eigenvalue weighted by molar-refractivity contribution is 5.21. The minimum Gasteiger partial charge on any atom is -0.310 e. The van der Waals surface area contributed by atoms with Crippen molar-refractivity contribution in [3.8, 4) is 0 Å². The van der Waals surface area contributed by atoms with Crippen molar-refractivity contribution in [2.75, 3.05) is 47.3 Å². The summed E-state index contributed by atoms with van der Waals surface area (Å²) in [5.41, 5.74) is 0.773. The normalized spacial score (nSPS) is 13.2. The fourth-order valence-electron chi connectivity index (χ4n) is 2.20. The third kappa shape index (κ3) is 5.99. The van der Waals surface area contributed by atoms with E-state index in [1.165, 1.54) is 6.07 Å². The molecular formula is C16H28FN3. The topological polar surface area (TPSA) is 18.5 Å². The minimum atomic E-state index is -0.116. The summed E-state index contributed by atoms with van der Waals surface area (Å²) in [6, 6.07) is 7.14. The zero-order valence-electron chi connectivity index (χ0n) is 13.2. The van der Waals surface area contributed by atoms with Crippen molar-refractivity contribution < 1.29 is 4.39 Å². The Morgan fingerprint density at radius 1 is 1.10 bits per heavy atom. The van der Waals surface area contributed by atoms with Crippen LogP contribution in [-0.4, -0.2) is 57.1 Å². The van der Waals surface area contributed by atoms with Gasteiger partial charge in [0.15, 0.2) is 0 Å². The Kier molecular flexibility index (Phi) is 7.73. The zero-order chi connectivity index (χ0) is 15.0. The molecule has 0 saturated heterocycles. The Balaban J connectivity index is 2.53. The van der Waals surface area contributed by atoms with E-state index >= 15 is 0 Å². The molecule has 0 aliphatic carbocycles. The van der Waals surface area contributed by atoms with E-state index in [2.05, 4.69) is 43.2 Å². The Morgan fingerprint density at radius 2 is 1.80 bits per heavy atom. The molecule has 0 bridgehead atoms. The number of halogens is 1. The summed E-state index contributed by atoms with van der Waals surface area (Å²) in [5, 5.41) is 3.38. The second kappa shape index (κ2) is 9.06. The predicted molar refractivity (Wildman–Crippen MR) is 83.5 cm³/mol. The molecule has 1 aromatic rings. The summed E-state index contributed by atoms with van der Waals surface area (Å²) in [6.45, 7) is 5.94. The van der Waals surface area contributed by atoms with Gasteiger partial charge in [0.1, 0.15) is 5.82 Å². The lowest BCUT2D eigenvalue weighted by molar-refractivity contribution is 0.268. The molecule has 3 nitrogen and oxygen atoms in total. The second-order valence-corrected chi connectivity index (χ2v) is 5.53. The van der Waals surface area contributed by atoms with Crippen LogP contribution in [0.4, 0.5) is 4.39 Å². The molecule has 1 unspecified atom stereocenters. The molecule has 20 heavy (non-hydrogen) atoms. The van der Waals surface area contributed by atoms with Gasteiger partial charge >= 0.3 is 0 Å². The molecule has 1 rings (SSSR count). The number of likely N-dealkylation sites (N-methyl/N-ethyl adjacent to an activating group) is 2. The van der Waals surface area contributed by atoms with Gasteiger partial charge in [-0.15, -0.1) is 0 Å². The van der Waals surface area contributed by atoms with Gasteiger partial charge in [0.2, 0.25) is 0 Å². The van der Waals surface area contributed by atoms with Crippen LogP contribution in [0.3, 0.4) is 0 Å². The smallest absolute Gasteiger partial charge is 0.127 e. The van der Waals surface area contributed by atoms with Crippen LogP contribution in [0.1, 0.15) is 24.9 Å². The quantitative estimate of drug-likeness (QED) is 0.749. The van der Waals surface area contributed by atoms with Crippen molar-refractivity contribution in [3.63, 3.8) is 0 Å². The van der Waals surface area contributed by atoms with Crippen LogP contribution in [0.25, 0.3) is 0 Å². The number of hydrogen-bond donors (Lipinski definition) is 1. The van der Waals surface area contributed by atoms with Crippen LogP contribution in [-0.2, 0) is 0 Å². The molecule has 1 aromatic carbocycles. The molecular weight excluding hydrogens is 253 g/mol. The molecule has 114 valence electrons. The van der Waals surface area contributed by atoms with Gasteiger partial charge in [-0.25, -0.2) is 4.39 Å². The highest BCUT2D eigenvalue weighted by Crippen LogP contribution is 2.20. The Morgan fingerprint density at radius 3 is 2.40 bits per heavy atom. The van der Waals surface area contributed by atoms with Crippen molar-refractivity contribution in [2.24, 2.45) is 0 Å². The largest absolute Gasteiger partial charge is 0.310 e. The van der Waals surface area contributed by atoms with Crippen molar-refractivity contribution in [1.82, 2.24) is 15.1 Å². The van der Waals surface area contributed by atoms with Gasteiger partial charge in [0, 0.05) is 24.7 Å². The molecule has 0 aliphatic rings. The van der Waals surface area contributed by atoms with Gasteiger partial charge in [-0.05, 0) is 46.7 Å². The molecule has 1 atom stereocenters. The molecule has 0 amide bonds. The highest BCUT2D eigenvalue weighted by atomic mass is 19.1. The van der Waals surface area contributed by atoms with E-state index in [1.54, 1.807) is 6.07 Å². The van der Waals surface area contributed by atoms with Crippen LogP contribution in [0, 0.1) is 5.82 Å². The van der Waals surface area contributed by atoms with E-state index in [4.69, 9.17) is 0 Å². The molecule has 0 heterocycles. The number of nitrogens with zero attached hydrogens (tertiary/aromatic N) is 2. The third-order valence-corrected chi connectivity index (χ3v) is 3.46. The van der Waals surface area contributed by atoms with Crippen molar-refractivity contribution in [2.45, 2.75) is 19.4 Å². The zero-order valence-corrected chi connectivity index (χ0v) is 13.2. The second-order valence-electron chi connectivity index (χ2n) is 5.53. The molecule has 0 aliphatic heterocycles. The maximum absolute atomic E-state index is 13.9. The Bertz CT molecular complexity index is 382. The highest BCUT2D eigenvalue weighted by Gasteiger charge is 2.14. The van der Waals surface area contributed by atoms with E-state index in [-0.39, 0.29) is 11.9 Å². The van der Waals surface area contributed by atoms with Crippen LogP contribution >= 0.6 is 0 Å². The van der Waals surface area contributed by atoms with Gasteiger partial charge in [-0.3, -0.25) is 0 Å². The van der Waals surface area contributed by atoms with E-state index in [0.717, 1.165) is 38.2 Å². The molecule has 0 fully saturated rings. The van der Waals surface area contributed by atoms with Gasteiger partial charge < -0.3 is 15.1 Å². The summed E-state index contributed by atoms with van der Waals surface area (Å²) in [4.78, 5) is 4.47. The van der Waals surface area contributed by atoms with Crippen LogP contribution < -0.4 is 5.32 Å². The summed E-state index contributed by atoms with van der Waals surface area (Å²) in [6.07, 6.45) is 0.915. The standard InChI is InChI=1S/C16H28FN3/c1-5-18-16(14-8-6-7-9-15(14)17)10-11-20(4)13-12-19(2)3/h6-9,16,18H,5,10-13H2,1-4H3. The van der Waals surface area contributed by atoms with Crippen molar-refractivity contribution in [1.29, 1.82) is 0 Å². The monoisotopic (exact) mass is 281 g/mol. The van der Waals surface area contributed by atoms with Gasteiger partial charge in [0.25, 0.3) is 0 Å². The number of benzene rings is 1. The van der Waals surface area contributed by atoms with Crippen LogP contribution in [0.5, 0.6) is 0 Å². The lowest BCUT2D eigenvalue weighted by Gasteiger charge is -2.24. The molecule has 4 heteroatoms. The number of rotatable bonds is 9. The molecule has 0 spiro atoms. The third-order valence-electron chi connectivity index (χ3n) is 3.46. The fraction of sp³-hybridized carbons (Fsp3) is 0.625. The van der Waals surface area contributed by atoms with Gasteiger partial charge in [-0.1, -0.05) is 25.1 Å². The van der Waals surface area contributed by atoms with E-state index in [0.29, 0.717) is 0 Å². The lowest BCUT2D eigenvalue weighted by atomic mass is 10.0. The number of nitrogens with one attached hydrogen (secondary N) is 1. The molecule has 0 saturated carbocycles. The van der Waals surface area contributed by atoms with E-state index in [9.17, 15) is 4.39 Å². The first kappa shape index (κ1) is 17.1. The van der Waals surface area contributed by atoms with Crippen molar-refractivity contribution in [3.05, 3.63) is 35.6 Å². The molecule has 1 N–H and O–H groups in total.